The predicted octanol–water partition coefficient (Wildman–Crippen LogP) is 1.83. The number of aliphatic carboxylic acids is 1. The van der Waals surface area contributed by atoms with E-state index in [-0.39, 0.29) is 5.91 Å². The number of hydrogen-bond acceptors (Lipinski definition) is 5. The molecule has 1 aromatic rings. The van der Waals surface area contributed by atoms with Gasteiger partial charge in [-0.05, 0) is 16.9 Å². The van der Waals surface area contributed by atoms with Crippen LogP contribution >= 0.6 is 11.3 Å². The van der Waals surface area contributed by atoms with Crippen LogP contribution in [-0.2, 0) is 14.3 Å². The number of thiophene rings is 1. The van der Waals surface area contributed by atoms with Gasteiger partial charge in [-0.1, -0.05) is 13.8 Å². The van der Waals surface area contributed by atoms with Gasteiger partial charge in [0.05, 0.1) is 24.6 Å². The van der Waals surface area contributed by atoms with Crippen LogP contribution < -0.4 is 5.32 Å². The van der Waals surface area contributed by atoms with Crippen LogP contribution in [0.15, 0.2) is 11.4 Å². The van der Waals surface area contributed by atoms with E-state index in [4.69, 9.17) is 5.11 Å². The van der Waals surface area contributed by atoms with E-state index in [1.54, 1.807) is 25.3 Å². The fourth-order valence-corrected chi connectivity index (χ4v) is 3.22. The molecule has 0 radical (unpaired) electrons. The number of amides is 1. The molecule has 20 heavy (non-hydrogen) atoms. The van der Waals surface area contributed by atoms with Gasteiger partial charge in [0.25, 0.3) is 0 Å². The van der Waals surface area contributed by atoms with Crippen molar-refractivity contribution < 1.29 is 24.2 Å². The van der Waals surface area contributed by atoms with Gasteiger partial charge >= 0.3 is 11.9 Å². The molecule has 0 bridgehead atoms. The van der Waals surface area contributed by atoms with E-state index in [2.05, 4.69) is 10.1 Å². The quantitative estimate of drug-likeness (QED) is 0.827. The first-order valence-electron chi connectivity index (χ1n) is 6.00. The van der Waals surface area contributed by atoms with Crippen molar-refractivity contribution in [2.75, 3.05) is 12.4 Å². The van der Waals surface area contributed by atoms with Crippen LogP contribution in [0.5, 0.6) is 0 Å². The molecular weight excluding hydrogens is 282 g/mol. The van der Waals surface area contributed by atoms with Crippen molar-refractivity contribution in [1.82, 2.24) is 0 Å². The zero-order valence-corrected chi connectivity index (χ0v) is 12.1. The van der Waals surface area contributed by atoms with Crippen molar-refractivity contribution in [3.05, 3.63) is 16.3 Å². The molecule has 1 heterocycles. The first-order chi connectivity index (χ1) is 9.30. The highest BCUT2D eigenvalue weighted by atomic mass is 32.1. The van der Waals surface area contributed by atoms with Gasteiger partial charge in [0, 0.05) is 0 Å². The fourth-order valence-electron chi connectivity index (χ4n) is 2.46. The Bertz CT molecular complexity index is 577. The molecule has 1 amide bonds. The molecule has 1 aliphatic rings. The van der Waals surface area contributed by atoms with Crippen LogP contribution in [0, 0.1) is 17.3 Å². The molecule has 0 saturated heterocycles. The average Bonchev–Trinajstić information content (AvgIpc) is 2.71. The van der Waals surface area contributed by atoms with Crippen molar-refractivity contribution in [2.45, 2.75) is 13.8 Å². The number of anilines is 1. The summed E-state index contributed by atoms with van der Waals surface area (Å²) in [6, 6.07) is 1.60. The zero-order valence-electron chi connectivity index (χ0n) is 11.3. The van der Waals surface area contributed by atoms with Crippen molar-refractivity contribution in [2.24, 2.45) is 17.3 Å². The Morgan fingerprint density at radius 2 is 2.00 bits per heavy atom. The number of carbonyl (C=O) groups excluding carboxylic acids is 2. The number of hydrogen-bond donors (Lipinski definition) is 2. The molecule has 2 N–H and O–H groups in total. The third kappa shape index (κ3) is 2.29. The molecule has 2 atom stereocenters. The molecule has 0 aliphatic heterocycles. The van der Waals surface area contributed by atoms with Gasteiger partial charge in [-0.2, -0.15) is 0 Å². The van der Waals surface area contributed by atoms with E-state index in [9.17, 15) is 14.4 Å². The van der Waals surface area contributed by atoms with Gasteiger partial charge in [0.1, 0.15) is 4.88 Å². The van der Waals surface area contributed by atoms with Crippen LogP contribution in [0.4, 0.5) is 5.69 Å². The molecular formula is C13H15NO5S. The van der Waals surface area contributed by atoms with E-state index in [0.717, 1.165) is 11.3 Å². The summed E-state index contributed by atoms with van der Waals surface area (Å²) in [6.07, 6.45) is 0. The predicted molar refractivity (Wildman–Crippen MR) is 72.7 cm³/mol. The van der Waals surface area contributed by atoms with Crippen LogP contribution in [0.1, 0.15) is 23.5 Å². The molecule has 1 saturated carbocycles. The van der Waals surface area contributed by atoms with Gasteiger partial charge < -0.3 is 15.2 Å². The van der Waals surface area contributed by atoms with E-state index in [1.807, 2.05) is 0 Å². The minimum Gasteiger partial charge on any atom is -0.481 e. The number of esters is 1. The normalized spacial score (nSPS) is 22.9. The zero-order chi connectivity index (χ0) is 15.1. The minimum absolute atomic E-state index is 0.297. The fraction of sp³-hybridized carbons (Fsp3) is 0.462. The highest BCUT2D eigenvalue weighted by molar-refractivity contribution is 7.12. The maximum atomic E-state index is 12.1. The molecule has 0 spiro atoms. The first kappa shape index (κ1) is 14.5. The van der Waals surface area contributed by atoms with Gasteiger partial charge in [-0.25, -0.2) is 4.79 Å². The summed E-state index contributed by atoms with van der Waals surface area (Å²) in [4.78, 5) is 35.0. The Kier molecular flexibility index (Phi) is 3.56. The summed E-state index contributed by atoms with van der Waals surface area (Å²) in [5, 5.41) is 13.3. The number of carboxylic acids is 1. The summed E-state index contributed by atoms with van der Waals surface area (Å²) in [7, 11) is 1.26. The monoisotopic (exact) mass is 297 g/mol. The second-order valence-electron chi connectivity index (χ2n) is 5.26. The highest BCUT2D eigenvalue weighted by Gasteiger charge is 2.65. The van der Waals surface area contributed by atoms with E-state index < -0.39 is 29.2 Å². The second kappa shape index (κ2) is 4.90. The number of carboxylic acid groups (broad SMARTS) is 1. The molecule has 0 unspecified atom stereocenters. The van der Waals surface area contributed by atoms with Crippen LogP contribution in [0.25, 0.3) is 0 Å². The van der Waals surface area contributed by atoms with Crippen molar-refractivity contribution >= 4 is 34.9 Å². The third-order valence-corrected chi connectivity index (χ3v) is 4.56. The molecule has 1 aromatic heterocycles. The summed E-state index contributed by atoms with van der Waals surface area (Å²) < 4.78 is 4.62. The summed E-state index contributed by atoms with van der Waals surface area (Å²) in [5.74, 6) is -3.17. The molecule has 1 fully saturated rings. The lowest BCUT2D eigenvalue weighted by molar-refractivity contribution is -0.140. The maximum Gasteiger partial charge on any atom is 0.350 e. The van der Waals surface area contributed by atoms with Crippen molar-refractivity contribution in [3.8, 4) is 0 Å². The lowest BCUT2D eigenvalue weighted by Gasteiger charge is -2.06. The number of nitrogens with one attached hydrogen (secondary N) is 1. The van der Waals surface area contributed by atoms with Crippen LogP contribution in [0.2, 0.25) is 0 Å². The standard InChI is InChI=1S/C13H15NO5S/c1-13(2)7(8(13)11(16)17)10(15)14-6-4-5-20-9(6)12(18)19-3/h4-5,7-8H,1-3H3,(H,14,15)(H,16,17)/t7-,8+/m0/s1. The smallest absolute Gasteiger partial charge is 0.350 e. The Morgan fingerprint density at radius 1 is 1.35 bits per heavy atom. The van der Waals surface area contributed by atoms with Gasteiger partial charge in [-0.15, -0.1) is 11.3 Å². The lowest BCUT2D eigenvalue weighted by atomic mass is 10.1. The van der Waals surface area contributed by atoms with Crippen LogP contribution in [-0.4, -0.2) is 30.1 Å². The number of ether oxygens (including phenoxy) is 1. The van der Waals surface area contributed by atoms with Crippen molar-refractivity contribution in [1.29, 1.82) is 0 Å². The minimum atomic E-state index is -0.978. The molecule has 6 nitrogen and oxygen atoms in total. The lowest BCUT2D eigenvalue weighted by Crippen LogP contribution is -2.18. The molecule has 0 aromatic carbocycles. The third-order valence-electron chi connectivity index (χ3n) is 3.67. The van der Waals surface area contributed by atoms with Gasteiger partial charge in [-0.3, -0.25) is 9.59 Å². The molecule has 7 heteroatoms. The summed E-state index contributed by atoms with van der Waals surface area (Å²) in [6.45, 7) is 3.48. The first-order valence-corrected chi connectivity index (χ1v) is 6.88. The molecule has 1 aliphatic carbocycles. The average molecular weight is 297 g/mol. The second-order valence-corrected chi connectivity index (χ2v) is 6.18. The SMILES string of the molecule is COC(=O)c1sccc1NC(=O)[C@@H]1[C@H](C(=O)O)C1(C)C. The Labute approximate surface area is 119 Å². The Morgan fingerprint density at radius 3 is 2.50 bits per heavy atom. The topological polar surface area (TPSA) is 92.7 Å². The summed E-state index contributed by atoms with van der Waals surface area (Å²) >= 11 is 1.16. The molecule has 2 rings (SSSR count). The Hall–Kier alpha value is -1.89. The number of rotatable bonds is 4. The van der Waals surface area contributed by atoms with Crippen molar-refractivity contribution in [3.63, 3.8) is 0 Å². The van der Waals surface area contributed by atoms with E-state index in [0.29, 0.717) is 10.6 Å². The number of methoxy groups -OCH3 is 1. The summed E-state index contributed by atoms with van der Waals surface area (Å²) in [5.41, 5.74) is -0.212. The largest absolute Gasteiger partial charge is 0.481 e. The van der Waals surface area contributed by atoms with E-state index in [1.165, 1.54) is 7.11 Å². The number of carbonyl (C=O) groups is 3. The molecule has 108 valence electrons. The van der Waals surface area contributed by atoms with Gasteiger partial charge in [0.15, 0.2) is 0 Å². The van der Waals surface area contributed by atoms with Gasteiger partial charge in [0.2, 0.25) is 5.91 Å². The van der Waals surface area contributed by atoms with E-state index >= 15 is 0 Å². The van der Waals surface area contributed by atoms with Crippen LogP contribution in [0.3, 0.4) is 0 Å². The highest BCUT2D eigenvalue weighted by Crippen LogP contribution is 2.58. The Balaban J connectivity index is 2.13. The maximum absolute atomic E-state index is 12.1.